The van der Waals surface area contributed by atoms with E-state index in [0.717, 1.165) is 30.2 Å². The Hall–Kier alpha value is -3.13. The molecule has 2 atom stereocenters. The second-order valence-corrected chi connectivity index (χ2v) is 10.3. The van der Waals surface area contributed by atoms with Gasteiger partial charge in [0, 0.05) is 29.2 Å². The van der Waals surface area contributed by atoms with Gasteiger partial charge in [0.05, 0.1) is 0 Å². The van der Waals surface area contributed by atoms with Crippen molar-refractivity contribution in [2.24, 2.45) is 0 Å². The Balaban J connectivity index is 1.26. The summed E-state index contributed by atoms with van der Waals surface area (Å²) in [5.41, 5.74) is 3.84. The average molecular weight is 480 g/mol. The number of benzene rings is 2. The number of rotatable bonds is 4. The molecule has 0 unspecified atom stereocenters. The summed E-state index contributed by atoms with van der Waals surface area (Å²) in [5.74, 6) is -0.570. The molecule has 174 valence electrons. The Morgan fingerprint density at radius 1 is 1.12 bits per heavy atom. The van der Waals surface area contributed by atoms with Crippen LogP contribution in [0.1, 0.15) is 41.5 Å². The number of carbonyl (C=O) groups is 2. The standard InChI is InChI=1S/C26H22FNO5S/c27-19-6-4-18(5-7-19)26-9-8-23(29)28(26)21(14-34-26)25(31)32-13-17-12-24(30)33-22-11-16-3-1-2-15(16)10-20(17)22/h4-7,10-12,21H,1-3,8-9,13-14H2/t21-,26+/m1/s1. The lowest BCUT2D eigenvalue weighted by atomic mass is 10.0. The molecule has 2 aromatic carbocycles. The first-order chi connectivity index (χ1) is 16.4. The van der Waals surface area contributed by atoms with Gasteiger partial charge < -0.3 is 14.1 Å². The highest BCUT2D eigenvalue weighted by Gasteiger charge is 2.57. The summed E-state index contributed by atoms with van der Waals surface area (Å²) in [4.78, 5) is 39.0. The molecule has 8 heteroatoms. The van der Waals surface area contributed by atoms with Crippen LogP contribution in [0.25, 0.3) is 11.0 Å². The highest BCUT2D eigenvalue weighted by molar-refractivity contribution is 8.00. The molecule has 0 radical (unpaired) electrons. The summed E-state index contributed by atoms with van der Waals surface area (Å²) in [6.45, 7) is -0.0769. The molecule has 2 fully saturated rings. The topological polar surface area (TPSA) is 76.8 Å². The van der Waals surface area contributed by atoms with Crippen LogP contribution in [0.3, 0.4) is 0 Å². The smallest absolute Gasteiger partial charge is 0.336 e. The monoisotopic (exact) mass is 479 g/mol. The molecule has 6 nitrogen and oxygen atoms in total. The molecular weight excluding hydrogens is 457 g/mol. The van der Waals surface area contributed by atoms with E-state index in [1.165, 1.54) is 41.1 Å². The Labute approximate surface area is 199 Å². The fourth-order valence-electron chi connectivity index (χ4n) is 5.49. The minimum absolute atomic E-state index is 0.0769. The summed E-state index contributed by atoms with van der Waals surface area (Å²) in [6.07, 6.45) is 3.89. The van der Waals surface area contributed by atoms with E-state index >= 15 is 0 Å². The van der Waals surface area contributed by atoms with Crippen molar-refractivity contribution in [3.63, 3.8) is 0 Å². The number of amides is 1. The molecule has 3 aromatic rings. The molecular formula is C26H22FNO5S. The maximum atomic E-state index is 13.5. The van der Waals surface area contributed by atoms with E-state index < -0.39 is 22.5 Å². The maximum Gasteiger partial charge on any atom is 0.336 e. The van der Waals surface area contributed by atoms with Gasteiger partial charge in [0.1, 0.15) is 28.9 Å². The molecule has 6 rings (SSSR count). The van der Waals surface area contributed by atoms with Crippen LogP contribution in [0, 0.1) is 5.82 Å². The second-order valence-electron chi connectivity index (χ2n) is 9.05. The van der Waals surface area contributed by atoms with Gasteiger partial charge in [-0.15, -0.1) is 11.8 Å². The third kappa shape index (κ3) is 3.35. The van der Waals surface area contributed by atoms with E-state index in [1.54, 1.807) is 17.0 Å². The van der Waals surface area contributed by atoms with Crippen molar-refractivity contribution in [3.8, 4) is 0 Å². The lowest BCUT2D eigenvalue weighted by Crippen LogP contribution is -2.46. The molecule has 34 heavy (non-hydrogen) atoms. The van der Waals surface area contributed by atoms with Gasteiger partial charge in [0.25, 0.3) is 0 Å². The molecule has 0 bridgehead atoms. The van der Waals surface area contributed by atoms with E-state index in [9.17, 15) is 18.8 Å². The molecule has 2 saturated heterocycles. The predicted octanol–water partition coefficient (Wildman–Crippen LogP) is 4.05. The maximum absolute atomic E-state index is 13.5. The van der Waals surface area contributed by atoms with E-state index in [-0.39, 0.29) is 18.3 Å². The van der Waals surface area contributed by atoms with E-state index in [1.807, 2.05) is 12.1 Å². The first-order valence-corrected chi connectivity index (χ1v) is 12.4. The minimum atomic E-state index is -0.735. The number of esters is 1. The lowest BCUT2D eigenvalue weighted by molar-refractivity contribution is -0.155. The number of fused-ring (bicyclic) bond motifs is 3. The Kier molecular flexibility index (Phi) is 5.02. The first-order valence-electron chi connectivity index (χ1n) is 11.4. The molecule has 2 aliphatic heterocycles. The molecule has 0 saturated carbocycles. The number of nitrogens with zero attached hydrogens (tertiary/aromatic N) is 1. The van der Waals surface area contributed by atoms with Crippen LogP contribution in [0.4, 0.5) is 4.39 Å². The van der Waals surface area contributed by atoms with Gasteiger partial charge in [-0.1, -0.05) is 12.1 Å². The molecule has 3 heterocycles. The van der Waals surface area contributed by atoms with Crippen molar-refractivity contribution in [2.45, 2.75) is 49.6 Å². The van der Waals surface area contributed by atoms with Crippen LogP contribution < -0.4 is 5.63 Å². The van der Waals surface area contributed by atoms with Crippen LogP contribution in [-0.4, -0.2) is 28.6 Å². The summed E-state index contributed by atoms with van der Waals surface area (Å²) >= 11 is 1.52. The highest BCUT2D eigenvalue weighted by atomic mass is 32.2. The lowest BCUT2D eigenvalue weighted by Gasteiger charge is -2.33. The zero-order valence-electron chi connectivity index (χ0n) is 18.3. The molecule has 0 spiro atoms. The summed E-state index contributed by atoms with van der Waals surface area (Å²) in [5, 5.41) is 0.770. The van der Waals surface area contributed by atoms with Crippen molar-refractivity contribution in [1.29, 1.82) is 0 Å². The van der Waals surface area contributed by atoms with E-state index in [4.69, 9.17) is 9.15 Å². The van der Waals surface area contributed by atoms with Gasteiger partial charge in [-0.2, -0.15) is 0 Å². The van der Waals surface area contributed by atoms with Gasteiger partial charge in [0.2, 0.25) is 5.91 Å². The van der Waals surface area contributed by atoms with Gasteiger partial charge in [-0.05, 0) is 66.6 Å². The molecule has 1 aliphatic carbocycles. The van der Waals surface area contributed by atoms with Gasteiger partial charge in [-0.25, -0.2) is 14.0 Å². The molecule has 1 aromatic heterocycles. The summed E-state index contributed by atoms with van der Waals surface area (Å²) in [6, 6.07) is 10.7. The zero-order valence-corrected chi connectivity index (χ0v) is 19.2. The van der Waals surface area contributed by atoms with Crippen LogP contribution in [0.5, 0.6) is 0 Å². The van der Waals surface area contributed by atoms with Crippen LogP contribution in [-0.2, 0) is 38.6 Å². The third-order valence-electron chi connectivity index (χ3n) is 7.11. The molecule has 3 aliphatic rings. The number of hydrogen-bond donors (Lipinski definition) is 0. The van der Waals surface area contributed by atoms with Gasteiger partial charge in [-0.3, -0.25) is 4.79 Å². The Morgan fingerprint density at radius 2 is 1.88 bits per heavy atom. The van der Waals surface area contributed by atoms with Crippen LogP contribution in [0.15, 0.2) is 51.7 Å². The average Bonchev–Trinajstić information content (AvgIpc) is 3.52. The van der Waals surface area contributed by atoms with Crippen LogP contribution in [0.2, 0.25) is 0 Å². The third-order valence-corrected chi connectivity index (χ3v) is 8.70. The second kappa shape index (κ2) is 7.98. The van der Waals surface area contributed by atoms with Crippen molar-refractivity contribution in [1.82, 2.24) is 4.90 Å². The zero-order chi connectivity index (χ0) is 23.4. The van der Waals surface area contributed by atoms with Gasteiger partial charge >= 0.3 is 11.6 Å². The van der Waals surface area contributed by atoms with Gasteiger partial charge in [0.15, 0.2) is 0 Å². The fraction of sp³-hybridized carbons (Fsp3) is 0.346. The largest absolute Gasteiger partial charge is 0.459 e. The number of ether oxygens (including phenoxy) is 1. The number of halogens is 1. The number of carbonyl (C=O) groups excluding carboxylic acids is 2. The van der Waals surface area contributed by atoms with Crippen molar-refractivity contribution < 1.29 is 23.1 Å². The fourth-order valence-corrected chi connectivity index (χ4v) is 7.12. The number of thioether (sulfide) groups is 1. The Bertz CT molecular complexity index is 1380. The van der Waals surface area contributed by atoms with E-state index in [2.05, 4.69) is 0 Å². The summed E-state index contributed by atoms with van der Waals surface area (Å²) in [7, 11) is 0. The first kappa shape index (κ1) is 21.4. The van der Waals surface area contributed by atoms with Crippen molar-refractivity contribution >= 4 is 34.6 Å². The number of hydrogen-bond acceptors (Lipinski definition) is 6. The summed E-state index contributed by atoms with van der Waals surface area (Å²) < 4.78 is 24.5. The van der Waals surface area contributed by atoms with Crippen molar-refractivity contribution in [2.75, 3.05) is 5.75 Å². The predicted molar refractivity (Wildman–Crippen MR) is 125 cm³/mol. The minimum Gasteiger partial charge on any atom is -0.459 e. The molecule has 1 amide bonds. The van der Waals surface area contributed by atoms with Crippen LogP contribution >= 0.6 is 11.8 Å². The Morgan fingerprint density at radius 3 is 2.68 bits per heavy atom. The SMILES string of the molecule is O=C(OCc1cc(=O)oc2cc3c(cc12)CCC3)[C@H]1CS[C@]2(c3ccc(F)cc3)CCC(=O)N12. The molecule has 0 N–H and O–H groups in total. The highest BCUT2D eigenvalue weighted by Crippen LogP contribution is 2.54. The normalized spacial score (nSPS) is 23.4. The quantitative estimate of drug-likeness (QED) is 0.415. The van der Waals surface area contributed by atoms with E-state index in [0.29, 0.717) is 29.7 Å². The number of aryl methyl sites for hydroxylation is 2. The van der Waals surface area contributed by atoms with Crippen molar-refractivity contribution in [3.05, 3.63) is 81.0 Å².